The van der Waals surface area contributed by atoms with Gasteiger partial charge in [-0.05, 0) is 74.6 Å². The number of allylic oxidation sites excluding steroid dienone is 2. The Morgan fingerprint density at radius 1 is 1.03 bits per heavy atom. The molecule has 2 saturated carbocycles. The molecular weight excluding hydrogens is 439 g/mol. The molecule has 2 unspecified atom stereocenters. The van der Waals surface area contributed by atoms with Crippen LogP contribution in [-0.4, -0.2) is 23.0 Å². The van der Waals surface area contributed by atoms with Crippen LogP contribution in [0.4, 0.5) is 18.9 Å². The maximum absolute atomic E-state index is 13.3. The average Bonchev–Trinajstić information content (AvgIpc) is 3.38. The summed E-state index contributed by atoms with van der Waals surface area (Å²) in [7, 11) is 0. The van der Waals surface area contributed by atoms with E-state index in [0.717, 1.165) is 44.6 Å². The first-order valence-corrected chi connectivity index (χ1v) is 11.6. The maximum atomic E-state index is 13.3. The van der Waals surface area contributed by atoms with Gasteiger partial charge in [0.1, 0.15) is 5.69 Å². The molecule has 1 amide bonds. The Morgan fingerprint density at radius 2 is 1.78 bits per heavy atom. The first-order valence-electron chi connectivity index (χ1n) is 11.2. The van der Waals surface area contributed by atoms with Crippen molar-refractivity contribution in [3.63, 3.8) is 0 Å². The number of anilines is 1. The van der Waals surface area contributed by atoms with Gasteiger partial charge in [-0.15, -0.1) is 0 Å². The topological polar surface area (TPSA) is 54.0 Å². The van der Waals surface area contributed by atoms with Crippen LogP contribution in [0.25, 0.3) is 10.9 Å². The fraction of sp³-hybridized carbons (Fsp3) is 0.500. The number of hydrogen-bond donors (Lipinski definition) is 2. The fourth-order valence-electron chi connectivity index (χ4n) is 5.46. The highest BCUT2D eigenvalue weighted by Crippen LogP contribution is 2.43. The Hall–Kier alpha value is -2.28. The molecular formula is C24H25ClF3N3O. The first kappa shape index (κ1) is 21.6. The zero-order valence-electron chi connectivity index (χ0n) is 17.5. The smallest absolute Gasteiger partial charge is 0.382 e. The quantitative estimate of drug-likeness (QED) is 0.550. The lowest BCUT2D eigenvalue weighted by Gasteiger charge is -2.32. The molecule has 2 N–H and O–H groups in total. The SMILES string of the molecule is O=C(NC1CCC(Nc2cc(C(F)(F)F)nc3ccc(Cl)cc23)CC1)[C@@H]1CC2C=CC1C2. The van der Waals surface area contributed by atoms with Crippen LogP contribution in [0.5, 0.6) is 0 Å². The monoisotopic (exact) mass is 463 g/mol. The third-order valence-electron chi connectivity index (χ3n) is 7.11. The summed E-state index contributed by atoms with van der Waals surface area (Å²) in [5.41, 5.74) is -0.269. The van der Waals surface area contributed by atoms with Crippen molar-refractivity contribution in [2.24, 2.45) is 17.8 Å². The van der Waals surface area contributed by atoms with Gasteiger partial charge in [0.05, 0.1) is 5.52 Å². The highest BCUT2D eigenvalue weighted by atomic mass is 35.5. The Kier molecular flexibility index (Phi) is 5.56. The third kappa shape index (κ3) is 4.32. The van der Waals surface area contributed by atoms with Gasteiger partial charge in [-0.25, -0.2) is 4.98 Å². The van der Waals surface area contributed by atoms with E-state index in [4.69, 9.17) is 11.6 Å². The molecule has 1 heterocycles. The number of nitrogens with zero attached hydrogens (tertiary/aromatic N) is 1. The van der Waals surface area contributed by atoms with Crippen molar-refractivity contribution in [2.45, 2.75) is 56.8 Å². The van der Waals surface area contributed by atoms with Crippen LogP contribution >= 0.6 is 11.6 Å². The Bertz CT molecular complexity index is 1060. The van der Waals surface area contributed by atoms with Crippen molar-refractivity contribution in [3.8, 4) is 0 Å². The Labute approximate surface area is 189 Å². The van der Waals surface area contributed by atoms with E-state index in [-0.39, 0.29) is 29.4 Å². The molecule has 170 valence electrons. The number of hydrogen-bond acceptors (Lipinski definition) is 3. The van der Waals surface area contributed by atoms with Gasteiger partial charge in [-0.1, -0.05) is 23.8 Å². The second kappa shape index (κ2) is 8.25. The number of rotatable bonds is 4. The summed E-state index contributed by atoms with van der Waals surface area (Å²) < 4.78 is 40.0. The molecule has 2 aromatic rings. The number of halogens is 4. The molecule has 1 aromatic carbocycles. The van der Waals surface area contributed by atoms with Gasteiger partial charge in [0.2, 0.25) is 5.91 Å². The van der Waals surface area contributed by atoms with Crippen LogP contribution in [0.3, 0.4) is 0 Å². The second-order valence-electron chi connectivity index (χ2n) is 9.30. The zero-order chi connectivity index (χ0) is 22.5. The number of carbonyl (C=O) groups is 1. The van der Waals surface area contributed by atoms with Crippen LogP contribution in [-0.2, 0) is 11.0 Å². The molecule has 3 aliphatic carbocycles. The van der Waals surface area contributed by atoms with E-state index in [9.17, 15) is 18.0 Å². The highest BCUT2D eigenvalue weighted by molar-refractivity contribution is 6.31. The number of fused-ring (bicyclic) bond motifs is 3. The molecule has 0 radical (unpaired) electrons. The minimum absolute atomic E-state index is 0.0271. The van der Waals surface area contributed by atoms with Gasteiger partial charge in [0.25, 0.3) is 0 Å². The van der Waals surface area contributed by atoms with Crippen molar-refractivity contribution in [2.75, 3.05) is 5.32 Å². The normalized spacial score (nSPS) is 29.4. The van der Waals surface area contributed by atoms with E-state index in [1.807, 2.05) is 0 Å². The van der Waals surface area contributed by atoms with E-state index in [2.05, 4.69) is 27.8 Å². The van der Waals surface area contributed by atoms with Gasteiger partial charge in [-0.3, -0.25) is 4.79 Å². The van der Waals surface area contributed by atoms with Crippen molar-refractivity contribution < 1.29 is 18.0 Å². The van der Waals surface area contributed by atoms with Crippen LogP contribution in [0.15, 0.2) is 36.4 Å². The number of carbonyl (C=O) groups excluding carboxylic acids is 1. The average molecular weight is 464 g/mol. The van der Waals surface area contributed by atoms with E-state index in [1.54, 1.807) is 12.1 Å². The number of pyridine rings is 1. The molecule has 5 rings (SSSR count). The molecule has 3 aliphatic rings. The number of benzene rings is 1. The minimum atomic E-state index is -4.53. The summed E-state index contributed by atoms with van der Waals surface area (Å²) in [5.74, 6) is 1.19. The molecule has 0 spiro atoms. The van der Waals surface area contributed by atoms with E-state index >= 15 is 0 Å². The predicted molar refractivity (Wildman–Crippen MR) is 118 cm³/mol. The first-order chi connectivity index (χ1) is 15.3. The molecule has 0 saturated heterocycles. The Balaban J connectivity index is 1.24. The molecule has 3 atom stereocenters. The fourth-order valence-corrected chi connectivity index (χ4v) is 5.63. The summed E-state index contributed by atoms with van der Waals surface area (Å²) in [6.07, 6.45) is 5.07. The predicted octanol–water partition coefficient (Wildman–Crippen LogP) is 5.96. The van der Waals surface area contributed by atoms with Gasteiger partial charge in [-0.2, -0.15) is 13.2 Å². The molecule has 4 nitrogen and oxygen atoms in total. The Morgan fingerprint density at radius 3 is 2.44 bits per heavy atom. The summed E-state index contributed by atoms with van der Waals surface area (Å²) in [5, 5.41) is 7.54. The summed E-state index contributed by atoms with van der Waals surface area (Å²) in [4.78, 5) is 16.5. The number of alkyl halides is 3. The maximum Gasteiger partial charge on any atom is 0.433 e. The van der Waals surface area contributed by atoms with Crippen LogP contribution in [0.2, 0.25) is 5.02 Å². The molecule has 8 heteroatoms. The summed E-state index contributed by atoms with van der Waals surface area (Å²) in [6, 6.07) is 5.91. The van der Waals surface area contributed by atoms with Gasteiger partial charge in [0.15, 0.2) is 0 Å². The van der Waals surface area contributed by atoms with Crippen molar-refractivity contribution in [1.29, 1.82) is 0 Å². The molecule has 32 heavy (non-hydrogen) atoms. The van der Waals surface area contributed by atoms with Gasteiger partial charge in [0, 0.05) is 34.1 Å². The van der Waals surface area contributed by atoms with Gasteiger partial charge < -0.3 is 10.6 Å². The lowest BCUT2D eigenvalue weighted by molar-refractivity contribution is -0.140. The minimum Gasteiger partial charge on any atom is -0.382 e. The molecule has 2 fully saturated rings. The second-order valence-corrected chi connectivity index (χ2v) is 9.74. The van der Waals surface area contributed by atoms with Crippen molar-refractivity contribution in [1.82, 2.24) is 10.3 Å². The van der Waals surface area contributed by atoms with Crippen LogP contribution < -0.4 is 10.6 Å². The van der Waals surface area contributed by atoms with Gasteiger partial charge >= 0.3 is 6.18 Å². The summed E-state index contributed by atoms with van der Waals surface area (Å²) >= 11 is 6.09. The molecule has 0 aliphatic heterocycles. The summed E-state index contributed by atoms with van der Waals surface area (Å²) in [6.45, 7) is 0. The largest absolute Gasteiger partial charge is 0.433 e. The number of aromatic nitrogens is 1. The number of amides is 1. The highest BCUT2D eigenvalue weighted by Gasteiger charge is 2.40. The van der Waals surface area contributed by atoms with Crippen molar-refractivity contribution in [3.05, 3.63) is 47.1 Å². The van der Waals surface area contributed by atoms with E-state index in [1.165, 1.54) is 6.07 Å². The lowest BCUT2D eigenvalue weighted by Crippen LogP contribution is -2.43. The van der Waals surface area contributed by atoms with E-state index < -0.39 is 11.9 Å². The van der Waals surface area contributed by atoms with Crippen LogP contribution in [0.1, 0.15) is 44.2 Å². The number of nitrogens with one attached hydrogen (secondary N) is 2. The third-order valence-corrected chi connectivity index (χ3v) is 7.35. The molecule has 1 aromatic heterocycles. The van der Waals surface area contributed by atoms with Crippen molar-refractivity contribution >= 4 is 34.1 Å². The van der Waals surface area contributed by atoms with E-state index in [0.29, 0.717) is 27.9 Å². The zero-order valence-corrected chi connectivity index (χ0v) is 18.2. The standard InChI is InChI=1S/C24H25ClF3N3O/c25-15-3-8-20-19(11-15)21(12-22(31-20)24(26,27)28)29-16-4-6-17(7-5-16)30-23(32)18-10-13-1-2-14(18)9-13/h1-3,8,11-14,16-18H,4-7,9-10H2,(H,29,31)(H,30,32)/t13?,14?,16?,17?,18-/m1/s1. The lowest BCUT2D eigenvalue weighted by atomic mass is 9.88. The molecule has 2 bridgehead atoms. The van der Waals surface area contributed by atoms with Crippen LogP contribution in [0, 0.1) is 17.8 Å².